The molecule has 4 rings (SSSR count). The molecule has 1 aromatic carbocycles. The minimum Gasteiger partial charge on any atom is -0.368 e. The summed E-state index contributed by atoms with van der Waals surface area (Å²) in [6.45, 7) is 6.59. The Kier molecular flexibility index (Phi) is 5.61. The van der Waals surface area contributed by atoms with Gasteiger partial charge < -0.3 is 9.80 Å². The molecule has 7 heteroatoms. The van der Waals surface area contributed by atoms with E-state index in [0.717, 1.165) is 18.7 Å². The number of pyridine rings is 1. The van der Waals surface area contributed by atoms with Crippen LogP contribution in [-0.2, 0) is 4.79 Å². The predicted molar refractivity (Wildman–Crippen MR) is 116 cm³/mol. The summed E-state index contributed by atoms with van der Waals surface area (Å²) < 4.78 is 1.28. The highest BCUT2D eigenvalue weighted by Gasteiger charge is 2.27. The number of hydrogen-bond donors (Lipinski definition) is 0. The number of anilines is 1. The summed E-state index contributed by atoms with van der Waals surface area (Å²) >= 11 is 0. The number of amides is 1. The van der Waals surface area contributed by atoms with E-state index in [4.69, 9.17) is 0 Å². The lowest BCUT2D eigenvalue weighted by Gasteiger charge is -2.37. The van der Waals surface area contributed by atoms with Gasteiger partial charge in [0.1, 0.15) is 6.04 Å². The van der Waals surface area contributed by atoms with Crippen LogP contribution in [0.2, 0.25) is 0 Å². The normalized spacial score (nSPS) is 15.1. The lowest BCUT2D eigenvalue weighted by Crippen LogP contribution is -2.51. The molecule has 0 radical (unpaired) electrons. The maximum absolute atomic E-state index is 13.1. The van der Waals surface area contributed by atoms with E-state index in [0.29, 0.717) is 18.8 Å². The number of benzene rings is 1. The van der Waals surface area contributed by atoms with Gasteiger partial charge in [-0.1, -0.05) is 12.1 Å². The van der Waals surface area contributed by atoms with Gasteiger partial charge in [0.25, 0.3) is 5.56 Å². The highest BCUT2D eigenvalue weighted by Crippen LogP contribution is 2.20. The maximum Gasteiger partial charge on any atom is 0.267 e. The second-order valence-corrected chi connectivity index (χ2v) is 7.56. The SMILES string of the molecule is Cc1cccc(N2CCN(C(=O)C(C)n3nc(-c4ccncc4)ccc3=O)CC2)c1. The number of carbonyl (C=O) groups excluding carboxylic acids is 1. The fraction of sp³-hybridized carbons (Fsp3) is 0.304. The molecule has 1 aliphatic heterocycles. The van der Waals surface area contributed by atoms with Crippen molar-refractivity contribution in [2.45, 2.75) is 19.9 Å². The molecule has 1 unspecified atom stereocenters. The van der Waals surface area contributed by atoms with Crippen LogP contribution in [0.1, 0.15) is 18.5 Å². The van der Waals surface area contributed by atoms with Gasteiger partial charge in [0, 0.05) is 55.9 Å². The van der Waals surface area contributed by atoms with E-state index in [1.54, 1.807) is 25.4 Å². The molecule has 7 nitrogen and oxygen atoms in total. The van der Waals surface area contributed by atoms with Gasteiger partial charge in [0.15, 0.2) is 0 Å². The van der Waals surface area contributed by atoms with Crippen molar-refractivity contribution >= 4 is 11.6 Å². The fourth-order valence-electron chi connectivity index (χ4n) is 3.76. The lowest BCUT2D eigenvalue weighted by molar-refractivity contribution is -0.135. The molecule has 0 N–H and O–H groups in total. The summed E-state index contributed by atoms with van der Waals surface area (Å²) in [7, 11) is 0. The highest BCUT2D eigenvalue weighted by molar-refractivity contribution is 5.80. The summed E-state index contributed by atoms with van der Waals surface area (Å²) in [5, 5.41) is 4.45. The molecular weight excluding hydrogens is 378 g/mol. The molecule has 0 spiro atoms. The zero-order valence-corrected chi connectivity index (χ0v) is 17.2. The third kappa shape index (κ3) is 4.10. The average molecular weight is 403 g/mol. The van der Waals surface area contributed by atoms with Gasteiger partial charge in [0.05, 0.1) is 5.69 Å². The molecule has 0 saturated carbocycles. The number of carbonyl (C=O) groups is 1. The Labute approximate surface area is 175 Å². The minimum absolute atomic E-state index is 0.0830. The summed E-state index contributed by atoms with van der Waals surface area (Å²) in [6, 6.07) is 14.5. The zero-order chi connectivity index (χ0) is 21.1. The van der Waals surface area contributed by atoms with Crippen LogP contribution in [0, 0.1) is 6.92 Å². The van der Waals surface area contributed by atoms with Crippen LogP contribution < -0.4 is 10.5 Å². The van der Waals surface area contributed by atoms with Crippen molar-refractivity contribution in [3.05, 3.63) is 76.8 Å². The average Bonchev–Trinajstić information content (AvgIpc) is 2.79. The third-order valence-corrected chi connectivity index (χ3v) is 5.48. The Morgan fingerprint density at radius 3 is 2.43 bits per heavy atom. The van der Waals surface area contributed by atoms with Crippen LogP contribution in [0.4, 0.5) is 5.69 Å². The molecule has 2 aromatic heterocycles. The molecule has 1 fully saturated rings. The van der Waals surface area contributed by atoms with Crippen molar-refractivity contribution in [1.29, 1.82) is 0 Å². The quantitative estimate of drug-likeness (QED) is 0.669. The molecular formula is C23H25N5O2. The first-order valence-electron chi connectivity index (χ1n) is 10.1. The predicted octanol–water partition coefficient (Wildman–Crippen LogP) is 2.52. The largest absolute Gasteiger partial charge is 0.368 e. The topological polar surface area (TPSA) is 71.3 Å². The van der Waals surface area contributed by atoms with Crippen molar-refractivity contribution < 1.29 is 4.79 Å². The number of nitrogens with zero attached hydrogens (tertiary/aromatic N) is 5. The molecule has 1 atom stereocenters. The summed E-state index contributed by atoms with van der Waals surface area (Å²) in [5.74, 6) is -0.0830. The van der Waals surface area contributed by atoms with Crippen LogP contribution in [0.5, 0.6) is 0 Å². The Hall–Kier alpha value is -3.48. The first kappa shape index (κ1) is 19.8. The van der Waals surface area contributed by atoms with Crippen LogP contribution in [0.25, 0.3) is 11.3 Å². The van der Waals surface area contributed by atoms with E-state index in [1.807, 2.05) is 17.0 Å². The van der Waals surface area contributed by atoms with Gasteiger partial charge >= 0.3 is 0 Å². The van der Waals surface area contributed by atoms with Gasteiger partial charge in [-0.05, 0) is 49.7 Å². The van der Waals surface area contributed by atoms with Gasteiger partial charge in [-0.3, -0.25) is 14.6 Å². The Bertz CT molecular complexity index is 1090. The molecule has 1 amide bonds. The van der Waals surface area contributed by atoms with Gasteiger partial charge in [-0.2, -0.15) is 5.10 Å². The molecule has 0 bridgehead atoms. The lowest BCUT2D eigenvalue weighted by atomic mass is 10.1. The van der Waals surface area contributed by atoms with E-state index >= 15 is 0 Å². The molecule has 0 aliphatic carbocycles. The minimum atomic E-state index is -0.662. The Morgan fingerprint density at radius 1 is 1.00 bits per heavy atom. The van der Waals surface area contributed by atoms with Crippen LogP contribution in [0.15, 0.2) is 65.7 Å². The monoisotopic (exact) mass is 403 g/mol. The Balaban J connectivity index is 1.47. The van der Waals surface area contributed by atoms with Crippen molar-refractivity contribution in [2.75, 3.05) is 31.1 Å². The zero-order valence-electron chi connectivity index (χ0n) is 17.2. The van der Waals surface area contributed by atoms with Gasteiger partial charge in [-0.15, -0.1) is 0 Å². The number of aryl methyl sites for hydroxylation is 1. The fourth-order valence-corrected chi connectivity index (χ4v) is 3.76. The maximum atomic E-state index is 13.1. The standard InChI is InChI=1S/C23H25N5O2/c1-17-4-3-5-20(16-17)26-12-14-27(15-13-26)23(30)18(2)28-22(29)7-6-21(25-28)19-8-10-24-11-9-19/h3-11,16,18H,12-15H2,1-2H3. The summed E-state index contributed by atoms with van der Waals surface area (Å²) in [4.78, 5) is 33.6. The van der Waals surface area contributed by atoms with Crippen molar-refractivity contribution in [1.82, 2.24) is 19.7 Å². The van der Waals surface area contributed by atoms with E-state index in [1.165, 1.54) is 22.0 Å². The van der Waals surface area contributed by atoms with E-state index in [-0.39, 0.29) is 11.5 Å². The van der Waals surface area contributed by atoms with Gasteiger partial charge in [-0.25, -0.2) is 4.68 Å². The molecule has 1 aliphatic rings. The van der Waals surface area contributed by atoms with Crippen molar-refractivity contribution in [3.63, 3.8) is 0 Å². The Morgan fingerprint density at radius 2 is 1.73 bits per heavy atom. The number of rotatable bonds is 4. The first-order valence-corrected chi connectivity index (χ1v) is 10.1. The van der Waals surface area contributed by atoms with Crippen LogP contribution in [-0.4, -0.2) is 51.8 Å². The number of aromatic nitrogens is 3. The summed E-state index contributed by atoms with van der Waals surface area (Å²) in [6.07, 6.45) is 3.35. The summed E-state index contributed by atoms with van der Waals surface area (Å²) in [5.41, 5.74) is 3.61. The molecule has 30 heavy (non-hydrogen) atoms. The van der Waals surface area contributed by atoms with E-state index in [9.17, 15) is 9.59 Å². The molecule has 3 aromatic rings. The number of hydrogen-bond acceptors (Lipinski definition) is 5. The second-order valence-electron chi connectivity index (χ2n) is 7.56. The van der Waals surface area contributed by atoms with Gasteiger partial charge in [0.2, 0.25) is 5.91 Å². The van der Waals surface area contributed by atoms with Crippen molar-refractivity contribution in [3.8, 4) is 11.3 Å². The first-order chi connectivity index (χ1) is 14.5. The van der Waals surface area contributed by atoms with Crippen LogP contribution >= 0.6 is 0 Å². The van der Waals surface area contributed by atoms with E-state index < -0.39 is 6.04 Å². The van der Waals surface area contributed by atoms with E-state index in [2.05, 4.69) is 46.2 Å². The third-order valence-electron chi connectivity index (χ3n) is 5.48. The second kappa shape index (κ2) is 8.49. The molecule has 3 heterocycles. The molecule has 154 valence electrons. The van der Waals surface area contributed by atoms with Crippen molar-refractivity contribution in [2.24, 2.45) is 0 Å². The van der Waals surface area contributed by atoms with Crippen LogP contribution in [0.3, 0.4) is 0 Å². The smallest absolute Gasteiger partial charge is 0.267 e. The highest BCUT2D eigenvalue weighted by atomic mass is 16.2. The number of piperazine rings is 1. The molecule has 1 saturated heterocycles.